The lowest BCUT2D eigenvalue weighted by Gasteiger charge is -2.19. The van der Waals surface area contributed by atoms with Gasteiger partial charge in [-0.1, -0.05) is 20.3 Å². The summed E-state index contributed by atoms with van der Waals surface area (Å²) < 4.78 is 53.2. The number of benzene rings is 1. The van der Waals surface area contributed by atoms with E-state index in [2.05, 4.69) is 0 Å². The van der Waals surface area contributed by atoms with E-state index in [1.54, 1.807) is 6.92 Å². The molecule has 2 N–H and O–H groups in total. The van der Waals surface area contributed by atoms with Gasteiger partial charge in [-0.15, -0.1) is 0 Å². The van der Waals surface area contributed by atoms with E-state index in [-0.39, 0.29) is 29.3 Å². The normalized spacial score (nSPS) is 11.9. The molecule has 0 radical (unpaired) electrons. The van der Waals surface area contributed by atoms with Gasteiger partial charge in [-0.05, 0) is 37.3 Å². The standard InChI is InChI=1S/C23H26F3NO5/c1-3-7-14-12-16-17(23(24,25)26)13-20(30)32-22(16)15(4-2)21(14)31-11-6-5-10-27-18(28)8-9-19(27)29/h8-9,12-13,28-29H,3-7,10-11H2,1-2H3. The number of hydrogen-bond acceptors (Lipinski definition) is 5. The van der Waals surface area contributed by atoms with Crippen LogP contribution in [-0.4, -0.2) is 21.4 Å². The van der Waals surface area contributed by atoms with E-state index >= 15 is 0 Å². The zero-order valence-electron chi connectivity index (χ0n) is 18.0. The Balaban J connectivity index is 1.89. The van der Waals surface area contributed by atoms with Crippen molar-refractivity contribution in [3.63, 3.8) is 0 Å². The zero-order chi connectivity index (χ0) is 23.5. The number of aromatic nitrogens is 1. The van der Waals surface area contributed by atoms with Gasteiger partial charge in [0.2, 0.25) is 0 Å². The van der Waals surface area contributed by atoms with Crippen LogP contribution in [0.25, 0.3) is 11.0 Å². The second kappa shape index (κ2) is 9.58. The smallest absolute Gasteiger partial charge is 0.417 e. The molecule has 0 amide bonds. The van der Waals surface area contributed by atoms with Gasteiger partial charge in [-0.3, -0.25) is 4.57 Å². The second-order valence-corrected chi connectivity index (χ2v) is 7.56. The van der Waals surface area contributed by atoms with Crippen LogP contribution < -0.4 is 10.4 Å². The second-order valence-electron chi connectivity index (χ2n) is 7.56. The minimum atomic E-state index is -4.68. The molecule has 2 aromatic heterocycles. The Kier molecular flexibility index (Phi) is 7.06. The Bertz CT molecular complexity index is 1130. The molecule has 0 spiro atoms. The number of alkyl halides is 3. The van der Waals surface area contributed by atoms with Crippen molar-refractivity contribution in [3.8, 4) is 17.5 Å². The highest BCUT2D eigenvalue weighted by atomic mass is 19.4. The molecule has 174 valence electrons. The fourth-order valence-electron chi connectivity index (χ4n) is 3.82. The van der Waals surface area contributed by atoms with E-state index in [0.717, 1.165) is 0 Å². The van der Waals surface area contributed by atoms with Crippen molar-refractivity contribution < 1.29 is 32.5 Å². The highest BCUT2D eigenvalue weighted by molar-refractivity contribution is 5.87. The van der Waals surface area contributed by atoms with Gasteiger partial charge < -0.3 is 19.4 Å². The van der Waals surface area contributed by atoms with Crippen LogP contribution in [0.15, 0.2) is 33.5 Å². The van der Waals surface area contributed by atoms with E-state index in [1.807, 2.05) is 6.92 Å². The summed E-state index contributed by atoms with van der Waals surface area (Å²) in [5.74, 6) is 0.384. The van der Waals surface area contributed by atoms with Crippen molar-refractivity contribution >= 4 is 11.0 Å². The highest BCUT2D eigenvalue weighted by Crippen LogP contribution is 2.39. The molecule has 0 aliphatic heterocycles. The third kappa shape index (κ3) is 4.87. The average molecular weight is 453 g/mol. The molecule has 0 aliphatic rings. The topological polar surface area (TPSA) is 84.8 Å². The summed E-state index contributed by atoms with van der Waals surface area (Å²) in [4.78, 5) is 11.9. The van der Waals surface area contributed by atoms with Crippen LogP contribution in [0.2, 0.25) is 0 Å². The van der Waals surface area contributed by atoms with Gasteiger partial charge in [-0.2, -0.15) is 13.2 Å². The van der Waals surface area contributed by atoms with Crippen molar-refractivity contribution in [1.29, 1.82) is 0 Å². The number of halogens is 3. The van der Waals surface area contributed by atoms with Gasteiger partial charge in [0, 0.05) is 35.7 Å². The van der Waals surface area contributed by atoms with Crippen LogP contribution in [0.5, 0.6) is 17.5 Å². The SMILES string of the molecule is CCCc1cc2c(C(F)(F)F)cc(=O)oc2c(CC)c1OCCCCn1c(O)ccc1O. The molecule has 0 saturated heterocycles. The molecule has 0 fully saturated rings. The van der Waals surface area contributed by atoms with Crippen molar-refractivity contribution in [3.05, 3.63) is 51.4 Å². The molecule has 0 bridgehead atoms. The number of ether oxygens (including phenoxy) is 1. The number of nitrogens with zero attached hydrogens (tertiary/aromatic N) is 1. The maximum absolute atomic E-state index is 13.6. The van der Waals surface area contributed by atoms with E-state index in [1.165, 1.54) is 22.8 Å². The third-order valence-corrected chi connectivity index (χ3v) is 5.29. The number of aromatic hydroxyl groups is 2. The summed E-state index contributed by atoms with van der Waals surface area (Å²) in [5, 5.41) is 19.2. The van der Waals surface area contributed by atoms with Crippen molar-refractivity contribution in [1.82, 2.24) is 4.57 Å². The molecule has 3 aromatic rings. The minimum Gasteiger partial charge on any atom is -0.494 e. The number of hydrogen-bond donors (Lipinski definition) is 2. The molecule has 32 heavy (non-hydrogen) atoms. The molecular formula is C23H26F3NO5. The molecule has 1 aromatic carbocycles. The van der Waals surface area contributed by atoms with Crippen LogP contribution >= 0.6 is 0 Å². The van der Waals surface area contributed by atoms with Gasteiger partial charge in [0.05, 0.1) is 12.2 Å². The number of rotatable bonds is 9. The summed E-state index contributed by atoms with van der Waals surface area (Å²) in [5.41, 5.74) is -1.08. The lowest BCUT2D eigenvalue weighted by Crippen LogP contribution is -2.13. The van der Waals surface area contributed by atoms with Crippen LogP contribution in [0.1, 0.15) is 49.8 Å². The Morgan fingerprint density at radius 2 is 1.78 bits per heavy atom. The molecular weight excluding hydrogens is 427 g/mol. The van der Waals surface area contributed by atoms with Crippen LogP contribution in [0.4, 0.5) is 13.2 Å². The average Bonchev–Trinajstić information content (AvgIpc) is 3.04. The van der Waals surface area contributed by atoms with E-state index in [0.29, 0.717) is 61.6 Å². The molecule has 3 rings (SSSR count). The Morgan fingerprint density at radius 3 is 2.38 bits per heavy atom. The lowest BCUT2D eigenvalue weighted by atomic mass is 9.97. The van der Waals surface area contributed by atoms with Gasteiger partial charge >= 0.3 is 11.8 Å². The first kappa shape index (κ1) is 23.6. The van der Waals surface area contributed by atoms with E-state index in [9.17, 15) is 28.2 Å². The van der Waals surface area contributed by atoms with Crippen LogP contribution in [0, 0.1) is 0 Å². The first-order valence-corrected chi connectivity index (χ1v) is 10.6. The van der Waals surface area contributed by atoms with Crippen LogP contribution in [-0.2, 0) is 25.6 Å². The van der Waals surface area contributed by atoms with Crippen molar-refractivity contribution in [2.45, 2.75) is 58.7 Å². The quantitative estimate of drug-likeness (QED) is 0.335. The predicted molar refractivity (Wildman–Crippen MR) is 113 cm³/mol. The summed E-state index contributed by atoms with van der Waals surface area (Å²) in [6.45, 7) is 4.36. The summed E-state index contributed by atoms with van der Waals surface area (Å²) in [6.07, 6.45) is -1.95. The molecule has 0 unspecified atom stereocenters. The maximum Gasteiger partial charge on any atom is 0.417 e. The van der Waals surface area contributed by atoms with Gasteiger partial charge in [-0.25, -0.2) is 4.79 Å². The molecule has 2 heterocycles. The Labute approximate surface area is 182 Å². The molecule has 9 heteroatoms. The molecule has 0 atom stereocenters. The fourth-order valence-corrected chi connectivity index (χ4v) is 3.82. The fraction of sp³-hybridized carbons (Fsp3) is 0.435. The van der Waals surface area contributed by atoms with Crippen molar-refractivity contribution in [2.24, 2.45) is 0 Å². The first-order chi connectivity index (χ1) is 15.2. The predicted octanol–water partition coefficient (Wildman–Crippen LogP) is 5.40. The number of aryl methyl sites for hydroxylation is 2. The van der Waals surface area contributed by atoms with Gasteiger partial charge in [0.15, 0.2) is 11.8 Å². The summed E-state index contributed by atoms with van der Waals surface area (Å²) in [6, 6.07) is 4.70. The van der Waals surface area contributed by atoms with E-state index in [4.69, 9.17) is 9.15 Å². The number of fused-ring (bicyclic) bond motifs is 1. The summed E-state index contributed by atoms with van der Waals surface area (Å²) >= 11 is 0. The minimum absolute atomic E-state index is 0.0352. The van der Waals surface area contributed by atoms with E-state index < -0.39 is 17.4 Å². The first-order valence-electron chi connectivity index (χ1n) is 10.6. The Morgan fingerprint density at radius 1 is 1.09 bits per heavy atom. The van der Waals surface area contributed by atoms with Crippen LogP contribution in [0.3, 0.4) is 0 Å². The molecule has 0 saturated carbocycles. The van der Waals surface area contributed by atoms with Gasteiger partial charge in [0.1, 0.15) is 11.3 Å². The van der Waals surface area contributed by atoms with Crippen molar-refractivity contribution in [2.75, 3.05) is 6.61 Å². The summed E-state index contributed by atoms with van der Waals surface area (Å²) in [7, 11) is 0. The maximum atomic E-state index is 13.6. The number of unbranched alkanes of at least 4 members (excludes halogenated alkanes) is 1. The third-order valence-electron chi connectivity index (χ3n) is 5.29. The Hall–Kier alpha value is -3.10. The zero-order valence-corrected chi connectivity index (χ0v) is 18.0. The molecule has 6 nitrogen and oxygen atoms in total. The lowest BCUT2D eigenvalue weighted by molar-refractivity contribution is -0.136. The van der Waals surface area contributed by atoms with Gasteiger partial charge in [0.25, 0.3) is 0 Å². The highest BCUT2D eigenvalue weighted by Gasteiger charge is 2.35. The largest absolute Gasteiger partial charge is 0.494 e. The molecule has 0 aliphatic carbocycles. The monoisotopic (exact) mass is 453 g/mol.